The Bertz CT molecular complexity index is 1100. The summed E-state index contributed by atoms with van der Waals surface area (Å²) < 4.78 is 19.2. The van der Waals surface area contributed by atoms with Gasteiger partial charge in [0.05, 0.1) is 19.0 Å². The van der Waals surface area contributed by atoms with Crippen molar-refractivity contribution in [2.45, 2.75) is 31.1 Å². The van der Waals surface area contributed by atoms with Crippen LogP contribution >= 0.6 is 11.8 Å². The molecule has 0 saturated carbocycles. The molecule has 1 aliphatic rings. The molecule has 33 heavy (non-hydrogen) atoms. The van der Waals surface area contributed by atoms with Crippen LogP contribution in [0.3, 0.4) is 0 Å². The number of nitrogens with one attached hydrogen (secondary N) is 1. The SMILES string of the molecule is C=CCn1c(SCC(=O)Nc2ccc3c(c2)OCCCO3)nnc1[C@H](C)Oc1ccccc1. The molecule has 3 aromatic rings. The van der Waals surface area contributed by atoms with Crippen LogP contribution in [0.25, 0.3) is 0 Å². The van der Waals surface area contributed by atoms with E-state index < -0.39 is 0 Å². The summed E-state index contributed by atoms with van der Waals surface area (Å²) in [6, 6.07) is 14.9. The fourth-order valence-corrected chi connectivity index (χ4v) is 4.09. The Hall–Kier alpha value is -3.46. The number of benzene rings is 2. The lowest BCUT2D eigenvalue weighted by molar-refractivity contribution is -0.113. The van der Waals surface area contributed by atoms with Crippen molar-refractivity contribution in [2.24, 2.45) is 0 Å². The maximum absolute atomic E-state index is 12.6. The lowest BCUT2D eigenvalue weighted by Crippen LogP contribution is -2.15. The Labute approximate surface area is 197 Å². The third-order valence-corrected chi connectivity index (χ3v) is 5.81. The Kier molecular flexibility index (Phi) is 7.51. The first-order valence-electron chi connectivity index (χ1n) is 10.7. The average molecular weight is 467 g/mol. The average Bonchev–Trinajstić information content (AvgIpc) is 3.07. The Morgan fingerprint density at radius 2 is 2.00 bits per heavy atom. The summed E-state index contributed by atoms with van der Waals surface area (Å²) in [5.74, 6) is 2.78. The number of anilines is 1. The van der Waals surface area contributed by atoms with Crippen molar-refractivity contribution >= 4 is 23.4 Å². The number of nitrogens with zero attached hydrogens (tertiary/aromatic N) is 3. The molecule has 1 amide bonds. The van der Waals surface area contributed by atoms with Crippen LogP contribution < -0.4 is 19.5 Å². The number of para-hydroxylation sites is 1. The van der Waals surface area contributed by atoms with E-state index in [2.05, 4.69) is 22.1 Å². The van der Waals surface area contributed by atoms with Gasteiger partial charge in [-0.25, -0.2) is 0 Å². The molecule has 0 saturated heterocycles. The summed E-state index contributed by atoms with van der Waals surface area (Å²) in [6.45, 7) is 7.47. The minimum atomic E-state index is -0.315. The van der Waals surface area contributed by atoms with Gasteiger partial charge in [0.2, 0.25) is 5.91 Å². The molecule has 1 aromatic heterocycles. The van der Waals surface area contributed by atoms with Crippen LogP contribution in [-0.4, -0.2) is 39.6 Å². The van der Waals surface area contributed by atoms with Gasteiger partial charge in [-0.1, -0.05) is 36.0 Å². The molecule has 8 nitrogen and oxygen atoms in total. The maximum atomic E-state index is 12.6. The van der Waals surface area contributed by atoms with Crippen LogP contribution in [0, 0.1) is 0 Å². The monoisotopic (exact) mass is 466 g/mol. The Balaban J connectivity index is 1.39. The van der Waals surface area contributed by atoms with Gasteiger partial charge < -0.3 is 19.5 Å². The largest absolute Gasteiger partial charge is 0.490 e. The van der Waals surface area contributed by atoms with E-state index in [0.29, 0.717) is 47.9 Å². The molecule has 9 heteroatoms. The molecule has 0 spiro atoms. The minimum absolute atomic E-state index is 0.155. The summed E-state index contributed by atoms with van der Waals surface area (Å²) in [6.07, 6.45) is 2.28. The van der Waals surface area contributed by atoms with E-state index in [0.717, 1.165) is 12.2 Å². The third kappa shape index (κ3) is 5.87. The van der Waals surface area contributed by atoms with Gasteiger partial charge >= 0.3 is 0 Å². The fraction of sp³-hybridized carbons (Fsp3) is 0.292. The van der Waals surface area contributed by atoms with Crippen molar-refractivity contribution in [1.29, 1.82) is 0 Å². The van der Waals surface area contributed by atoms with Crippen LogP contribution in [-0.2, 0) is 11.3 Å². The van der Waals surface area contributed by atoms with Crippen molar-refractivity contribution < 1.29 is 19.0 Å². The van der Waals surface area contributed by atoms with Gasteiger partial charge in [0, 0.05) is 24.7 Å². The van der Waals surface area contributed by atoms with E-state index >= 15 is 0 Å². The first kappa shape index (κ1) is 22.7. The standard InChI is InChI=1S/C24H26N4O4S/c1-3-12-28-23(17(2)32-19-8-5-4-6-9-19)26-27-24(28)33-16-22(29)25-18-10-11-20-21(15-18)31-14-7-13-30-20/h3-6,8-11,15,17H,1,7,12-14,16H2,2H3,(H,25,29)/t17-/m0/s1. The summed E-state index contributed by atoms with van der Waals surface area (Å²) in [4.78, 5) is 12.6. The maximum Gasteiger partial charge on any atom is 0.234 e. The highest BCUT2D eigenvalue weighted by Crippen LogP contribution is 2.32. The highest BCUT2D eigenvalue weighted by Gasteiger charge is 2.20. The van der Waals surface area contributed by atoms with E-state index in [-0.39, 0.29) is 17.8 Å². The number of thioether (sulfide) groups is 1. The van der Waals surface area contributed by atoms with Crippen molar-refractivity contribution in [3.8, 4) is 17.2 Å². The lowest BCUT2D eigenvalue weighted by Gasteiger charge is -2.15. The number of carbonyl (C=O) groups excluding carboxylic acids is 1. The summed E-state index contributed by atoms with van der Waals surface area (Å²) >= 11 is 1.31. The van der Waals surface area contributed by atoms with Crippen LogP contribution in [0.1, 0.15) is 25.3 Å². The molecule has 1 atom stereocenters. The zero-order valence-corrected chi connectivity index (χ0v) is 19.2. The summed E-state index contributed by atoms with van der Waals surface area (Å²) in [5, 5.41) is 12.1. The number of allylic oxidation sites excluding steroid dienone is 1. The highest BCUT2D eigenvalue weighted by molar-refractivity contribution is 7.99. The molecule has 4 rings (SSSR count). The molecular formula is C24H26N4O4S. The Morgan fingerprint density at radius 1 is 1.21 bits per heavy atom. The smallest absolute Gasteiger partial charge is 0.234 e. The fourth-order valence-electron chi connectivity index (χ4n) is 3.33. The van der Waals surface area contributed by atoms with Gasteiger partial charge in [-0.2, -0.15) is 0 Å². The number of hydrogen-bond donors (Lipinski definition) is 1. The van der Waals surface area contributed by atoms with Crippen LogP contribution in [0.4, 0.5) is 5.69 Å². The molecule has 0 aliphatic carbocycles. The van der Waals surface area contributed by atoms with Gasteiger partial charge in [0.25, 0.3) is 0 Å². The van der Waals surface area contributed by atoms with Crippen molar-refractivity contribution in [3.05, 3.63) is 67.0 Å². The first-order chi connectivity index (χ1) is 16.1. The van der Waals surface area contributed by atoms with Crippen molar-refractivity contribution in [3.63, 3.8) is 0 Å². The number of carbonyl (C=O) groups is 1. The second-order valence-corrected chi connectivity index (χ2v) is 8.30. The number of rotatable bonds is 9. The predicted octanol–water partition coefficient (Wildman–Crippen LogP) is 4.50. The summed E-state index contributed by atoms with van der Waals surface area (Å²) in [5.41, 5.74) is 0.656. The Morgan fingerprint density at radius 3 is 2.79 bits per heavy atom. The molecule has 0 radical (unpaired) electrons. The van der Waals surface area contributed by atoms with Gasteiger partial charge in [-0.15, -0.1) is 16.8 Å². The topological polar surface area (TPSA) is 87.5 Å². The molecule has 172 valence electrons. The molecule has 1 N–H and O–H groups in total. The van der Waals surface area contributed by atoms with Crippen molar-refractivity contribution in [1.82, 2.24) is 14.8 Å². The van der Waals surface area contributed by atoms with E-state index in [1.54, 1.807) is 18.2 Å². The molecular weight excluding hydrogens is 440 g/mol. The van der Waals surface area contributed by atoms with E-state index in [1.807, 2.05) is 47.9 Å². The van der Waals surface area contributed by atoms with Crippen molar-refractivity contribution in [2.75, 3.05) is 24.3 Å². The lowest BCUT2D eigenvalue weighted by atomic mass is 10.2. The van der Waals surface area contributed by atoms with E-state index in [1.165, 1.54) is 11.8 Å². The van der Waals surface area contributed by atoms with Gasteiger partial charge in [0.15, 0.2) is 28.6 Å². The quantitative estimate of drug-likeness (QED) is 0.367. The number of aromatic nitrogens is 3. The number of ether oxygens (including phenoxy) is 3. The van der Waals surface area contributed by atoms with E-state index in [9.17, 15) is 4.79 Å². The van der Waals surface area contributed by atoms with Gasteiger partial charge in [-0.3, -0.25) is 9.36 Å². The van der Waals surface area contributed by atoms with Crippen LogP contribution in [0.5, 0.6) is 17.2 Å². The van der Waals surface area contributed by atoms with Gasteiger partial charge in [-0.05, 0) is 31.2 Å². The predicted molar refractivity (Wildman–Crippen MR) is 127 cm³/mol. The molecule has 0 fully saturated rings. The van der Waals surface area contributed by atoms with Gasteiger partial charge in [0.1, 0.15) is 5.75 Å². The number of amides is 1. The second-order valence-electron chi connectivity index (χ2n) is 7.36. The normalized spacial score (nSPS) is 13.6. The third-order valence-electron chi connectivity index (χ3n) is 4.84. The number of fused-ring (bicyclic) bond motifs is 1. The molecule has 0 bridgehead atoms. The number of hydrogen-bond acceptors (Lipinski definition) is 7. The molecule has 2 aromatic carbocycles. The highest BCUT2D eigenvalue weighted by atomic mass is 32.2. The molecule has 2 heterocycles. The second kappa shape index (κ2) is 10.9. The van der Waals surface area contributed by atoms with Crippen LogP contribution in [0.2, 0.25) is 0 Å². The zero-order valence-electron chi connectivity index (χ0n) is 18.4. The minimum Gasteiger partial charge on any atom is -0.490 e. The first-order valence-corrected chi connectivity index (χ1v) is 11.7. The zero-order chi connectivity index (χ0) is 23.0. The van der Waals surface area contributed by atoms with Crippen LogP contribution in [0.15, 0.2) is 66.3 Å². The molecule has 0 unspecified atom stereocenters. The van der Waals surface area contributed by atoms with E-state index in [4.69, 9.17) is 14.2 Å². The molecule has 1 aliphatic heterocycles. The summed E-state index contributed by atoms with van der Waals surface area (Å²) in [7, 11) is 0.